The second-order valence-corrected chi connectivity index (χ2v) is 5.12. The highest BCUT2D eigenvalue weighted by Gasteiger charge is 2.23. The average molecular weight is 237 g/mol. The van der Waals surface area contributed by atoms with Crippen molar-refractivity contribution in [2.45, 2.75) is 45.2 Å². The van der Waals surface area contributed by atoms with Crippen LogP contribution in [-0.2, 0) is 13.6 Å². The van der Waals surface area contributed by atoms with Crippen molar-refractivity contribution in [2.24, 2.45) is 13.0 Å². The van der Waals surface area contributed by atoms with E-state index in [9.17, 15) is 5.11 Å². The van der Waals surface area contributed by atoms with Crippen LogP contribution in [0, 0.1) is 12.8 Å². The Hall–Kier alpha value is -0.870. The summed E-state index contributed by atoms with van der Waals surface area (Å²) in [5.74, 6) is 0.429. The van der Waals surface area contributed by atoms with E-state index in [1.807, 2.05) is 18.7 Å². The third-order valence-corrected chi connectivity index (χ3v) is 3.79. The molecule has 96 valence electrons. The van der Waals surface area contributed by atoms with Gasteiger partial charge in [0.25, 0.3) is 0 Å². The molecule has 0 radical (unpaired) electrons. The van der Waals surface area contributed by atoms with Gasteiger partial charge in [-0.2, -0.15) is 5.10 Å². The maximum atomic E-state index is 9.36. The molecule has 2 N–H and O–H groups in total. The van der Waals surface area contributed by atoms with Crippen LogP contribution in [0.2, 0.25) is 0 Å². The number of aliphatic hydroxyl groups is 1. The summed E-state index contributed by atoms with van der Waals surface area (Å²) in [4.78, 5) is 0. The Kier molecular flexibility index (Phi) is 4.18. The molecule has 0 amide bonds. The van der Waals surface area contributed by atoms with Crippen molar-refractivity contribution in [2.75, 3.05) is 6.61 Å². The Bertz CT molecular complexity index is 362. The molecule has 17 heavy (non-hydrogen) atoms. The van der Waals surface area contributed by atoms with Crippen LogP contribution in [-0.4, -0.2) is 27.5 Å². The van der Waals surface area contributed by atoms with Crippen molar-refractivity contribution >= 4 is 0 Å². The van der Waals surface area contributed by atoms with Crippen LogP contribution in [0.15, 0.2) is 6.07 Å². The van der Waals surface area contributed by atoms with Gasteiger partial charge in [-0.05, 0) is 31.7 Å². The molecule has 0 aliphatic heterocycles. The van der Waals surface area contributed by atoms with Crippen molar-refractivity contribution in [3.05, 3.63) is 17.5 Å². The minimum atomic E-state index is 0.308. The van der Waals surface area contributed by atoms with Gasteiger partial charge >= 0.3 is 0 Å². The first-order chi connectivity index (χ1) is 8.20. The van der Waals surface area contributed by atoms with E-state index in [0.29, 0.717) is 18.6 Å². The largest absolute Gasteiger partial charge is 0.396 e. The van der Waals surface area contributed by atoms with Crippen LogP contribution in [0.5, 0.6) is 0 Å². The van der Waals surface area contributed by atoms with E-state index >= 15 is 0 Å². The van der Waals surface area contributed by atoms with Crippen molar-refractivity contribution in [1.82, 2.24) is 15.1 Å². The van der Waals surface area contributed by atoms with E-state index < -0.39 is 0 Å². The van der Waals surface area contributed by atoms with Crippen LogP contribution >= 0.6 is 0 Å². The molecule has 1 fully saturated rings. The maximum absolute atomic E-state index is 9.36. The monoisotopic (exact) mass is 237 g/mol. The smallest absolute Gasteiger partial charge is 0.0597 e. The quantitative estimate of drug-likeness (QED) is 0.831. The van der Waals surface area contributed by atoms with Gasteiger partial charge in [-0.3, -0.25) is 4.68 Å². The molecule has 0 spiro atoms. The van der Waals surface area contributed by atoms with Crippen molar-refractivity contribution in [3.8, 4) is 0 Å². The van der Waals surface area contributed by atoms with Gasteiger partial charge in [0.05, 0.1) is 11.4 Å². The summed E-state index contributed by atoms with van der Waals surface area (Å²) in [6.07, 6.45) is 4.87. The molecular weight excluding hydrogens is 214 g/mol. The van der Waals surface area contributed by atoms with Gasteiger partial charge in [-0.1, -0.05) is 12.8 Å². The standard InChI is InChI=1S/C13H23N3O/c1-10-7-12(16(2)15-10)8-14-13-6-4-3-5-11(13)9-17/h7,11,13-14,17H,3-6,8-9H2,1-2H3. The first kappa shape index (κ1) is 12.6. The lowest BCUT2D eigenvalue weighted by molar-refractivity contribution is 0.152. The number of nitrogens with one attached hydrogen (secondary N) is 1. The molecule has 1 aromatic rings. The van der Waals surface area contributed by atoms with Crippen LogP contribution in [0.1, 0.15) is 37.1 Å². The average Bonchev–Trinajstić information content (AvgIpc) is 2.65. The summed E-state index contributed by atoms with van der Waals surface area (Å²) in [6, 6.07) is 2.58. The Balaban J connectivity index is 1.90. The number of hydrogen-bond donors (Lipinski definition) is 2. The molecule has 4 nitrogen and oxygen atoms in total. The van der Waals surface area contributed by atoms with Gasteiger partial charge in [0.2, 0.25) is 0 Å². The van der Waals surface area contributed by atoms with Gasteiger partial charge in [-0.15, -0.1) is 0 Å². The lowest BCUT2D eigenvalue weighted by atomic mass is 9.85. The highest BCUT2D eigenvalue weighted by Crippen LogP contribution is 2.24. The molecule has 1 aromatic heterocycles. The van der Waals surface area contributed by atoms with Gasteiger partial charge in [0.1, 0.15) is 0 Å². The summed E-state index contributed by atoms with van der Waals surface area (Å²) in [7, 11) is 1.98. The van der Waals surface area contributed by atoms with E-state index in [-0.39, 0.29) is 0 Å². The van der Waals surface area contributed by atoms with Crippen LogP contribution in [0.25, 0.3) is 0 Å². The Morgan fingerprint density at radius 2 is 2.24 bits per heavy atom. The number of aryl methyl sites for hydroxylation is 2. The van der Waals surface area contributed by atoms with Crippen LogP contribution < -0.4 is 5.32 Å². The topological polar surface area (TPSA) is 50.1 Å². The molecule has 1 saturated carbocycles. The molecule has 4 heteroatoms. The van der Waals surface area contributed by atoms with E-state index in [1.54, 1.807) is 0 Å². The molecule has 0 bridgehead atoms. The molecular formula is C13H23N3O. The fourth-order valence-corrected chi connectivity index (χ4v) is 2.76. The van der Waals surface area contributed by atoms with Gasteiger partial charge < -0.3 is 10.4 Å². The molecule has 2 unspecified atom stereocenters. The van der Waals surface area contributed by atoms with E-state index in [1.165, 1.54) is 25.0 Å². The maximum Gasteiger partial charge on any atom is 0.0597 e. The van der Waals surface area contributed by atoms with E-state index in [4.69, 9.17) is 0 Å². The summed E-state index contributed by atoms with van der Waals surface area (Å²) in [6.45, 7) is 3.17. The Morgan fingerprint density at radius 3 is 2.88 bits per heavy atom. The summed E-state index contributed by atoms with van der Waals surface area (Å²) >= 11 is 0. The first-order valence-electron chi connectivity index (χ1n) is 6.54. The molecule has 0 saturated heterocycles. The lowest BCUT2D eigenvalue weighted by Crippen LogP contribution is -2.40. The highest BCUT2D eigenvalue weighted by atomic mass is 16.3. The lowest BCUT2D eigenvalue weighted by Gasteiger charge is -2.31. The van der Waals surface area contributed by atoms with Gasteiger partial charge in [0.15, 0.2) is 0 Å². The third-order valence-electron chi connectivity index (χ3n) is 3.79. The summed E-state index contributed by atoms with van der Waals surface area (Å²) < 4.78 is 1.93. The number of aromatic nitrogens is 2. The zero-order chi connectivity index (χ0) is 12.3. The number of rotatable bonds is 4. The van der Waals surface area contributed by atoms with Crippen LogP contribution in [0.4, 0.5) is 0 Å². The molecule has 1 heterocycles. The van der Waals surface area contributed by atoms with E-state index in [2.05, 4.69) is 16.5 Å². The number of nitrogens with zero attached hydrogens (tertiary/aromatic N) is 2. The second kappa shape index (κ2) is 5.65. The second-order valence-electron chi connectivity index (χ2n) is 5.12. The minimum Gasteiger partial charge on any atom is -0.396 e. The fourth-order valence-electron chi connectivity index (χ4n) is 2.76. The normalized spacial score (nSPS) is 25.1. The first-order valence-corrected chi connectivity index (χ1v) is 6.54. The van der Waals surface area contributed by atoms with Crippen molar-refractivity contribution in [3.63, 3.8) is 0 Å². The summed E-state index contributed by atoms with van der Waals surface area (Å²) in [5.41, 5.74) is 2.27. The van der Waals surface area contributed by atoms with E-state index in [0.717, 1.165) is 18.7 Å². The zero-order valence-electron chi connectivity index (χ0n) is 10.8. The predicted molar refractivity (Wildman–Crippen MR) is 67.6 cm³/mol. The molecule has 1 aliphatic carbocycles. The third kappa shape index (κ3) is 3.07. The minimum absolute atomic E-state index is 0.308. The number of aliphatic hydroxyl groups excluding tert-OH is 1. The van der Waals surface area contributed by atoms with Crippen molar-refractivity contribution < 1.29 is 5.11 Å². The van der Waals surface area contributed by atoms with Crippen LogP contribution in [0.3, 0.4) is 0 Å². The zero-order valence-corrected chi connectivity index (χ0v) is 10.8. The SMILES string of the molecule is Cc1cc(CNC2CCCCC2CO)n(C)n1. The number of hydrogen-bond acceptors (Lipinski definition) is 3. The Labute approximate surface area is 103 Å². The van der Waals surface area contributed by atoms with Gasteiger partial charge in [-0.25, -0.2) is 0 Å². The Morgan fingerprint density at radius 1 is 1.47 bits per heavy atom. The van der Waals surface area contributed by atoms with Gasteiger partial charge in [0, 0.05) is 26.2 Å². The highest BCUT2D eigenvalue weighted by molar-refractivity contribution is 5.08. The fraction of sp³-hybridized carbons (Fsp3) is 0.769. The summed E-state index contributed by atoms with van der Waals surface area (Å²) in [5, 5.41) is 17.3. The molecule has 2 rings (SSSR count). The predicted octanol–water partition coefficient (Wildman–Crippen LogP) is 1.37. The molecule has 1 aliphatic rings. The molecule has 0 aromatic carbocycles. The van der Waals surface area contributed by atoms with Crippen molar-refractivity contribution in [1.29, 1.82) is 0 Å². The molecule has 2 atom stereocenters.